The van der Waals surface area contributed by atoms with Crippen LogP contribution in [0.3, 0.4) is 0 Å². The molecule has 1 fully saturated rings. The lowest BCUT2D eigenvalue weighted by Crippen LogP contribution is -2.36. The van der Waals surface area contributed by atoms with E-state index in [0.29, 0.717) is 0 Å². The number of Topliss-reactive ketones (excluding diaryl/α,β-unsaturated/α-hetero) is 1. The van der Waals surface area contributed by atoms with E-state index in [-0.39, 0.29) is 23.1 Å². The normalized spacial score (nSPS) is 22.0. The topological polar surface area (TPSA) is 58.2 Å². The van der Waals surface area contributed by atoms with Crippen molar-refractivity contribution < 1.29 is 9.59 Å². The number of carbonyl (C=O) groups is 2. The van der Waals surface area contributed by atoms with Crippen LogP contribution in [0.25, 0.3) is 11.1 Å². The molecular formula is C20H22N2O2. The molecule has 0 bridgehead atoms. The minimum atomic E-state index is -0.382. The van der Waals surface area contributed by atoms with Crippen molar-refractivity contribution in [3.8, 4) is 11.1 Å². The molecule has 1 aliphatic carbocycles. The Balaban J connectivity index is 1.81. The molecule has 3 rings (SSSR count). The van der Waals surface area contributed by atoms with Gasteiger partial charge in [-0.2, -0.15) is 0 Å². The third-order valence-corrected chi connectivity index (χ3v) is 4.86. The number of nitrogens with one attached hydrogen (secondary N) is 2. The summed E-state index contributed by atoms with van der Waals surface area (Å²) in [4.78, 5) is 23.0. The summed E-state index contributed by atoms with van der Waals surface area (Å²) in [6.45, 7) is 3.15. The highest BCUT2D eigenvalue weighted by molar-refractivity contribution is 5.91. The van der Waals surface area contributed by atoms with Crippen LogP contribution in [0.1, 0.15) is 31.7 Å². The Hall–Kier alpha value is -2.46. The molecule has 24 heavy (non-hydrogen) atoms. The fraction of sp³-hybridized carbons (Fsp3) is 0.300. The van der Waals surface area contributed by atoms with Crippen LogP contribution in [0.4, 0.5) is 5.69 Å². The van der Waals surface area contributed by atoms with Gasteiger partial charge in [0.1, 0.15) is 5.78 Å². The first-order valence-electron chi connectivity index (χ1n) is 8.14. The van der Waals surface area contributed by atoms with Crippen molar-refractivity contribution in [3.05, 3.63) is 54.1 Å². The number of hydrogen-bond acceptors (Lipinski definition) is 3. The fourth-order valence-corrected chi connectivity index (χ4v) is 3.39. The second kappa shape index (κ2) is 6.21. The molecule has 124 valence electrons. The number of rotatable bonds is 5. The molecule has 0 saturated heterocycles. The average molecular weight is 322 g/mol. The predicted octanol–water partition coefficient (Wildman–Crippen LogP) is 3.35. The summed E-state index contributed by atoms with van der Waals surface area (Å²) in [7, 11) is 1.85. The van der Waals surface area contributed by atoms with Crippen molar-refractivity contribution in [1.29, 1.82) is 0 Å². The first-order chi connectivity index (χ1) is 11.5. The number of likely N-dealkylation sites (N-methyl/N-ethyl adjacent to an activating group) is 1. The molecule has 0 aliphatic heterocycles. The first-order valence-corrected chi connectivity index (χ1v) is 8.14. The van der Waals surface area contributed by atoms with E-state index in [4.69, 9.17) is 0 Å². The maximum absolute atomic E-state index is 11.9. The molecular weight excluding hydrogens is 300 g/mol. The molecule has 0 unspecified atom stereocenters. The summed E-state index contributed by atoms with van der Waals surface area (Å²) in [5.74, 6) is 0.366. The number of benzene rings is 2. The maximum Gasteiger partial charge on any atom is 0.221 e. The van der Waals surface area contributed by atoms with Crippen LogP contribution in [0.5, 0.6) is 0 Å². The summed E-state index contributed by atoms with van der Waals surface area (Å²) >= 11 is 0. The Kier molecular flexibility index (Phi) is 4.24. The Morgan fingerprint density at radius 2 is 1.75 bits per heavy atom. The van der Waals surface area contributed by atoms with Gasteiger partial charge in [-0.1, -0.05) is 36.4 Å². The Morgan fingerprint density at radius 1 is 1.04 bits per heavy atom. The molecule has 0 aromatic heterocycles. The van der Waals surface area contributed by atoms with Crippen molar-refractivity contribution in [2.75, 3.05) is 12.4 Å². The average Bonchev–Trinajstić information content (AvgIpc) is 3.31. The number of anilines is 1. The molecule has 2 aromatic carbocycles. The van der Waals surface area contributed by atoms with Gasteiger partial charge in [-0.3, -0.25) is 9.59 Å². The summed E-state index contributed by atoms with van der Waals surface area (Å²) in [5, 5.41) is 5.98. The van der Waals surface area contributed by atoms with Crippen LogP contribution in [0.15, 0.2) is 48.5 Å². The van der Waals surface area contributed by atoms with Gasteiger partial charge in [0.25, 0.3) is 0 Å². The van der Waals surface area contributed by atoms with Crippen LogP contribution >= 0.6 is 0 Å². The standard InChI is InChI=1S/C20H22N2O2/c1-13(23)20(21-3)12-19(20)16-9-7-15(8-10-16)17-5-4-6-18(11-17)22-14(2)24/h4-11,19,21H,12H2,1-3H3,(H,22,24)/t19-,20-/m0/s1. The van der Waals surface area contributed by atoms with E-state index in [1.807, 2.05) is 31.3 Å². The van der Waals surface area contributed by atoms with Crippen molar-refractivity contribution in [1.82, 2.24) is 5.32 Å². The zero-order valence-corrected chi connectivity index (χ0v) is 14.2. The predicted molar refractivity (Wildman–Crippen MR) is 96.0 cm³/mol. The van der Waals surface area contributed by atoms with Crippen molar-refractivity contribution in [2.24, 2.45) is 0 Å². The molecule has 4 heteroatoms. The van der Waals surface area contributed by atoms with Crippen molar-refractivity contribution >= 4 is 17.4 Å². The second-order valence-electron chi connectivity index (χ2n) is 6.42. The number of ketones is 1. The molecule has 2 aromatic rings. The van der Waals surface area contributed by atoms with Crippen LogP contribution in [0.2, 0.25) is 0 Å². The summed E-state index contributed by atoms with van der Waals surface area (Å²) in [6, 6.07) is 16.1. The van der Waals surface area contributed by atoms with Gasteiger partial charge in [-0.25, -0.2) is 0 Å². The zero-order chi connectivity index (χ0) is 17.3. The summed E-state index contributed by atoms with van der Waals surface area (Å²) < 4.78 is 0. The van der Waals surface area contributed by atoms with Crippen LogP contribution in [-0.4, -0.2) is 24.3 Å². The van der Waals surface area contributed by atoms with E-state index in [1.54, 1.807) is 6.92 Å². The van der Waals surface area contributed by atoms with E-state index in [2.05, 4.69) is 34.9 Å². The van der Waals surface area contributed by atoms with Gasteiger partial charge in [-0.05, 0) is 49.2 Å². The highest BCUT2D eigenvalue weighted by atomic mass is 16.1. The molecule has 2 N–H and O–H groups in total. The Bertz CT molecular complexity index is 782. The lowest BCUT2D eigenvalue weighted by Gasteiger charge is -2.13. The Morgan fingerprint density at radius 3 is 2.29 bits per heavy atom. The van der Waals surface area contributed by atoms with Crippen LogP contribution < -0.4 is 10.6 Å². The van der Waals surface area contributed by atoms with E-state index in [9.17, 15) is 9.59 Å². The van der Waals surface area contributed by atoms with E-state index < -0.39 is 0 Å². The molecule has 0 heterocycles. The lowest BCUT2D eigenvalue weighted by atomic mass is 9.99. The van der Waals surface area contributed by atoms with Gasteiger partial charge in [-0.15, -0.1) is 0 Å². The fourth-order valence-electron chi connectivity index (χ4n) is 3.39. The maximum atomic E-state index is 11.9. The highest BCUT2D eigenvalue weighted by Gasteiger charge is 2.57. The Labute approximate surface area is 142 Å². The van der Waals surface area contributed by atoms with Crippen molar-refractivity contribution in [3.63, 3.8) is 0 Å². The highest BCUT2D eigenvalue weighted by Crippen LogP contribution is 2.51. The van der Waals surface area contributed by atoms with E-state index in [0.717, 1.165) is 23.2 Å². The van der Waals surface area contributed by atoms with Gasteiger partial charge >= 0.3 is 0 Å². The first kappa shape index (κ1) is 16.4. The van der Waals surface area contributed by atoms with Gasteiger partial charge in [0, 0.05) is 18.5 Å². The summed E-state index contributed by atoms with van der Waals surface area (Å²) in [6.07, 6.45) is 0.857. The molecule has 1 amide bonds. The minimum Gasteiger partial charge on any atom is -0.326 e. The third-order valence-electron chi connectivity index (χ3n) is 4.86. The number of carbonyl (C=O) groups excluding carboxylic acids is 2. The quantitative estimate of drug-likeness (QED) is 0.887. The molecule has 1 aliphatic rings. The molecule has 0 spiro atoms. The van der Waals surface area contributed by atoms with E-state index >= 15 is 0 Å². The molecule has 0 radical (unpaired) electrons. The molecule has 4 nitrogen and oxygen atoms in total. The smallest absolute Gasteiger partial charge is 0.221 e. The van der Waals surface area contributed by atoms with Gasteiger partial charge in [0.15, 0.2) is 0 Å². The van der Waals surface area contributed by atoms with Gasteiger partial charge in [0.05, 0.1) is 5.54 Å². The lowest BCUT2D eigenvalue weighted by molar-refractivity contribution is -0.120. The van der Waals surface area contributed by atoms with Crippen LogP contribution in [-0.2, 0) is 9.59 Å². The third kappa shape index (κ3) is 2.97. The largest absolute Gasteiger partial charge is 0.326 e. The van der Waals surface area contributed by atoms with Crippen LogP contribution in [0, 0.1) is 0 Å². The zero-order valence-electron chi connectivity index (χ0n) is 14.2. The minimum absolute atomic E-state index is 0.0798. The van der Waals surface area contributed by atoms with Crippen molar-refractivity contribution in [2.45, 2.75) is 31.7 Å². The SMILES string of the molecule is CN[C@]1(C(C)=O)C[C@H]1c1ccc(-c2cccc(NC(C)=O)c2)cc1. The summed E-state index contributed by atoms with van der Waals surface area (Å²) in [5.41, 5.74) is 3.73. The monoisotopic (exact) mass is 322 g/mol. The van der Waals surface area contributed by atoms with Gasteiger partial charge < -0.3 is 10.6 Å². The number of hydrogen-bond donors (Lipinski definition) is 2. The molecule has 1 saturated carbocycles. The number of amides is 1. The molecule has 2 atom stereocenters. The van der Waals surface area contributed by atoms with Gasteiger partial charge in [0.2, 0.25) is 5.91 Å². The second-order valence-corrected chi connectivity index (χ2v) is 6.42. The van der Waals surface area contributed by atoms with E-state index in [1.165, 1.54) is 12.5 Å².